The number of hydrogen-bond acceptors (Lipinski definition) is 9. The van der Waals surface area contributed by atoms with Crippen molar-refractivity contribution in [3.05, 3.63) is 47.5 Å². The molecule has 9 heteroatoms. The molecule has 0 saturated heterocycles. The summed E-state index contributed by atoms with van der Waals surface area (Å²) in [6, 6.07) is 9.64. The molecule has 408 valence electrons. The number of benzene rings is 2. The maximum Gasteiger partial charge on any atom is 0.311 e. The zero-order chi connectivity index (χ0) is 52.1. The number of Topliss-reactive ketones (excluding diaryl/α,β-unsaturated/α-hetero) is 1. The number of ether oxygens (including phenoxy) is 4. The lowest BCUT2D eigenvalue weighted by molar-refractivity contribution is -0.136. The number of hydrogen-bond donors (Lipinski definition) is 0. The van der Waals surface area contributed by atoms with Crippen molar-refractivity contribution in [3.8, 4) is 23.0 Å². The Balaban J connectivity index is 2.15. The van der Waals surface area contributed by atoms with Crippen LogP contribution in [-0.4, -0.2) is 29.7 Å². The fourth-order valence-electron chi connectivity index (χ4n) is 9.20. The van der Waals surface area contributed by atoms with E-state index >= 15 is 0 Å². The normalized spacial score (nSPS) is 11.2. The quantitative estimate of drug-likeness (QED) is 0.0276. The van der Waals surface area contributed by atoms with E-state index in [4.69, 9.17) is 18.9 Å². The zero-order valence-electron chi connectivity index (χ0n) is 46.3. The van der Waals surface area contributed by atoms with E-state index in [1.54, 1.807) is 30.3 Å². The minimum atomic E-state index is -0.436. The van der Waals surface area contributed by atoms with Crippen molar-refractivity contribution >= 4 is 29.7 Å². The summed E-state index contributed by atoms with van der Waals surface area (Å²) in [6.45, 7) is 8.89. The molecule has 9 nitrogen and oxygen atoms in total. The number of ketones is 1. The van der Waals surface area contributed by atoms with E-state index in [2.05, 4.69) is 27.7 Å². The number of aryl methyl sites for hydroxylation is 1. The summed E-state index contributed by atoms with van der Waals surface area (Å²) >= 11 is 0. The Bertz CT molecular complexity index is 1730. The Morgan fingerprint density at radius 3 is 0.931 bits per heavy atom. The predicted molar refractivity (Wildman–Crippen MR) is 295 cm³/mol. The molecular formula is C63H102O9. The number of carbonyl (C=O) groups is 5. The Hall–Kier alpha value is -4.01. The summed E-state index contributed by atoms with van der Waals surface area (Å²) in [5, 5.41) is 0. The van der Waals surface area contributed by atoms with Crippen molar-refractivity contribution < 1.29 is 42.9 Å². The molecule has 0 aliphatic heterocycles. The molecule has 0 radical (unpaired) electrons. The minimum Gasteiger partial charge on any atom is -0.426 e. The van der Waals surface area contributed by atoms with E-state index in [1.165, 1.54) is 147 Å². The molecule has 0 aliphatic rings. The lowest BCUT2D eigenvalue weighted by Crippen LogP contribution is -2.13. The van der Waals surface area contributed by atoms with Crippen molar-refractivity contribution in [2.75, 3.05) is 0 Å². The molecule has 2 aromatic carbocycles. The smallest absolute Gasteiger partial charge is 0.311 e. The van der Waals surface area contributed by atoms with Crippen molar-refractivity contribution in [2.45, 2.75) is 297 Å². The minimum absolute atomic E-state index is 0.0150. The van der Waals surface area contributed by atoms with E-state index in [0.717, 1.165) is 83.5 Å². The van der Waals surface area contributed by atoms with Crippen LogP contribution in [-0.2, 0) is 25.6 Å². The van der Waals surface area contributed by atoms with Crippen LogP contribution in [0.15, 0.2) is 36.4 Å². The fourth-order valence-corrected chi connectivity index (χ4v) is 9.20. The van der Waals surface area contributed by atoms with Gasteiger partial charge in [-0.05, 0) is 55.9 Å². The Labute approximate surface area is 438 Å². The van der Waals surface area contributed by atoms with Crippen LogP contribution in [0.2, 0.25) is 0 Å². The van der Waals surface area contributed by atoms with Crippen molar-refractivity contribution in [1.82, 2.24) is 0 Å². The van der Waals surface area contributed by atoms with Gasteiger partial charge in [0.2, 0.25) is 0 Å². The molecule has 0 aromatic heterocycles. The van der Waals surface area contributed by atoms with Crippen LogP contribution < -0.4 is 18.9 Å². The van der Waals surface area contributed by atoms with Crippen molar-refractivity contribution in [2.24, 2.45) is 0 Å². The van der Waals surface area contributed by atoms with Gasteiger partial charge in [-0.3, -0.25) is 24.0 Å². The number of rotatable bonds is 48. The van der Waals surface area contributed by atoms with Gasteiger partial charge in [-0.15, -0.1) is 0 Å². The van der Waals surface area contributed by atoms with Crippen LogP contribution in [0.25, 0.3) is 0 Å². The van der Waals surface area contributed by atoms with Crippen LogP contribution in [0.4, 0.5) is 0 Å². The summed E-state index contributed by atoms with van der Waals surface area (Å²) in [5.41, 5.74) is 0.827. The van der Waals surface area contributed by atoms with Gasteiger partial charge < -0.3 is 18.9 Å². The van der Waals surface area contributed by atoms with E-state index in [0.29, 0.717) is 24.2 Å². The maximum atomic E-state index is 14.1. The van der Waals surface area contributed by atoms with Crippen LogP contribution in [0.5, 0.6) is 23.0 Å². The largest absolute Gasteiger partial charge is 0.426 e. The van der Waals surface area contributed by atoms with Gasteiger partial charge in [-0.1, -0.05) is 239 Å². The molecule has 0 N–H and O–H groups in total. The first-order valence-electron chi connectivity index (χ1n) is 29.8. The summed E-state index contributed by atoms with van der Waals surface area (Å²) in [5.74, 6) is -0.927. The first-order chi connectivity index (χ1) is 35.2. The van der Waals surface area contributed by atoms with Gasteiger partial charge >= 0.3 is 23.9 Å². The van der Waals surface area contributed by atoms with Gasteiger partial charge in [0.1, 0.15) is 23.0 Å². The monoisotopic (exact) mass is 1000 g/mol. The first-order valence-corrected chi connectivity index (χ1v) is 29.8. The summed E-state index contributed by atoms with van der Waals surface area (Å²) in [6.07, 6.45) is 42.2. The second-order valence-corrected chi connectivity index (χ2v) is 20.6. The average Bonchev–Trinajstić information content (AvgIpc) is 3.36. The molecule has 0 spiro atoms. The van der Waals surface area contributed by atoms with E-state index in [-0.39, 0.29) is 78.6 Å². The van der Waals surface area contributed by atoms with Crippen molar-refractivity contribution in [1.29, 1.82) is 0 Å². The highest BCUT2D eigenvalue weighted by Gasteiger charge is 2.20. The van der Waals surface area contributed by atoms with Gasteiger partial charge in [0.25, 0.3) is 0 Å². The topological polar surface area (TPSA) is 122 Å². The number of esters is 4. The third kappa shape index (κ3) is 33.7. The highest BCUT2D eigenvalue weighted by molar-refractivity contribution is 5.99. The molecule has 0 unspecified atom stereocenters. The molecule has 0 aliphatic carbocycles. The second-order valence-electron chi connectivity index (χ2n) is 20.6. The van der Waals surface area contributed by atoms with Gasteiger partial charge in [-0.2, -0.15) is 0 Å². The summed E-state index contributed by atoms with van der Waals surface area (Å²) in [4.78, 5) is 66.4. The standard InChI is InChI=1S/C63H102O9/c1-5-9-13-17-21-25-29-33-37-41-60(65)69-54-47-45-53(58(51-54)71-62(67)43-39-35-31-27-23-19-15-11-7-3)46-50-57(64)56-49-48-55(70-61(66)42-38-34-30-26-22-18-14-10-6-2)52-59(56)72-63(68)44-40-36-32-28-24-20-16-12-8-4/h45,47-49,51-52H,5-44,46,50H2,1-4H3. The maximum absolute atomic E-state index is 14.1. The van der Waals surface area contributed by atoms with Crippen LogP contribution in [0.3, 0.4) is 0 Å². The lowest BCUT2D eigenvalue weighted by Gasteiger charge is -2.14. The van der Waals surface area contributed by atoms with Crippen LogP contribution >= 0.6 is 0 Å². The van der Waals surface area contributed by atoms with Gasteiger partial charge in [0.15, 0.2) is 5.78 Å². The molecule has 0 amide bonds. The summed E-state index contributed by atoms with van der Waals surface area (Å²) < 4.78 is 23.3. The molecule has 2 aromatic rings. The Morgan fingerprint density at radius 1 is 0.306 bits per heavy atom. The van der Waals surface area contributed by atoms with Crippen LogP contribution in [0, 0.1) is 0 Å². The number of carbonyl (C=O) groups excluding carboxylic acids is 5. The van der Waals surface area contributed by atoms with E-state index < -0.39 is 5.97 Å². The predicted octanol–water partition coefficient (Wildman–Crippen LogP) is 18.8. The lowest BCUT2D eigenvalue weighted by atomic mass is 10.0. The first kappa shape index (κ1) is 64.1. The zero-order valence-corrected chi connectivity index (χ0v) is 46.3. The van der Waals surface area contributed by atoms with Crippen molar-refractivity contribution in [3.63, 3.8) is 0 Å². The molecule has 2 rings (SSSR count). The molecule has 0 atom stereocenters. The average molecular weight is 1000 g/mol. The molecule has 0 heterocycles. The second kappa shape index (κ2) is 44.5. The number of unbranched alkanes of at least 4 members (excludes halogenated alkanes) is 32. The highest BCUT2D eigenvalue weighted by atomic mass is 16.6. The molecule has 0 bridgehead atoms. The molecule has 0 saturated carbocycles. The summed E-state index contributed by atoms with van der Waals surface area (Å²) in [7, 11) is 0. The third-order valence-electron chi connectivity index (χ3n) is 13.8. The molecule has 72 heavy (non-hydrogen) atoms. The van der Waals surface area contributed by atoms with E-state index in [1.807, 2.05) is 0 Å². The van der Waals surface area contributed by atoms with E-state index in [9.17, 15) is 24.0 Å². The third-order valence-corrected chi connectivity index (χ3v) is 13.8. The molecular weight excluding hydrogens is 901 g/mol. The Kier molecular flexibility index (Phi) is 39.6. The van der Waals surface area contributed by atoms with Gasteiger partial charge in [-0.25, -0.2) is 0 Å². The van der Waals surface area contributed by atoms with Gasteiger partial charge in [0, 0.05) is 44.2 Å². The SMILES string of the molecule is CCCCCCCCCCCC(=O)Oc1ccc(CCC(=O)c2ccc(OC(=O)CCCCCCCCCCC)cc2OC(=O)CCCCCCCCCCC)c(OC(=O)CCCCCCCCCCC)c1. The molecule has 0 fully saturated rings. The highest BCUT2D eigenvalue weighted by Crippen LogP contribution is 2.31. The fraction of sp³-hybridized carbons (Fsp3) is 0.730. The Morgan fingerprint density at radius 2 is 0.583 bits per heavy atom. The van der Waals surface area contributed by atoms with Crippen LogP contribution in [0.1, 0.15) is 307 Å². The van der Waals surface area contributed by atoms with Gasteiger partial charge in [0.05, 0.1) is 5.56 Å².